The Kier molecular flexibility index (Phi) is 4.08. The number of benzene rings is 1. The van der Waals surface area contributed by atoms with Crippen LogP contribution in [0.2, 0.25) is 0 Å². The summed E-state index contributed by atoms with van der Waals surface area (Å²) < 4.78 is 0. The van der Waals surface area contributed by atoms with E-state index in [0.717, 1.165) is 17.6 Å². The molecule has 0 saturated heterocycles. The van der Waals surface area contributed by atoms with E-state index in [-0.39, 0.29) is 5.92 Å². The monoisotopic (exact) mass is 216 g/mol. The van der Waals surface area contributed by atoms with Crippen LogP contribution in [0.1, 0.15) is 25.8 Å². The maximum absolute atomic E-state index is 10.6. The van der Waals surface area contributed by atoms with Crippen molar-refractivity contribution in [3.63, 3.8) is 0 Å². The highest BCUT2D eigenvalue weighted by Gasteiger charge is 2.31. The molecule has 0 spiro atoms. The van der Waals surface area contributed by atoms with Gasteiger partial charge in [-0.2, -0.15) is 0 Å². The summed E-state index contributed by atoms with van der Waals surface area (Å²) in [5, 5.41) is 10.6. The molecule has 0 amide bonds. The van der Waals surface area contributed by atoms with Crippen molar-refractivity contribution in [3.8, 4) is 0 Å². The van der Waals surface area contributed by atoms with Crippen molar-refractivity contribution in [2.24, 2.45) is 5.92 Å². The van der Waals surface area contributed by atoms with Gasteiger partial charge in [0.2, 0.25) is 0 Å². The number of aliphatic hydroxyl groups is 1. The quantitative estimate of drug-likeness (QED) is 0.745. The van der Waals surface area contributed by atoms with E-state index in [1.54, 1.807) is 0 Å². The molecule has 1 N–H and O–H groups in total. The van der Waals surface area contributed by atoms with E-state index in [1.807, 2.05) is 50.3 Å². The first-order valence-electron chi connectivity index (χ1n) is 5.56. The third-order valence-corrected chi connectivity index (χ3v) is 3.22. The van der Waals surface area contributed by atoms with Crippen LogP contribution >= 0.6 is 0 Å². The molecular weight excluding hydrogens is 196 g/mol. The molecule has 0 heterocycles. The first kappa shape index (κ1) is 12.7. The highest BCUT2D eigenvalue weighted by atomic mass is 16.3. The Morgan fingerprint density at radius 2 is 2.00 bits per heavy atom. The van der Waals surface area contributed by atoms with E-state index < -0.39 is 5.60 Å². The number of hydrogen-bond acceptors (Lipinski definition) is 1. The van der Waals surface area contributed by atoms with Crippen molar-refractivity contribution in [2.75, 3.05) is 0 Å². The van der Waals surface area contributed by atoms with E-state index in [2.05, 4.69) is 13.2 Å². The molecule has 0 radical (unpaired) electrons. The van der Waals surface area contributed by atoms with Gasteiger partial charge < -0.3 is 5.11 Å². The van der Waals surface area contributed by atoms with Crippen molar-refractivity contribution < 1.29 is 5.11 Å². The standard InChI is InChI=1S/C15H20O/c1-5-9-12(2)13(3)15(4,16)14-10-7-6-8-11-14/h5-8,10-11,13,16H,1-2,9H2,3-4H3/t13-,15-/m1/s1. The number of allylic oxidation sites excluding steroid dienone is 1. The molecule has 0 aromatic heterocycles. The van der Waals surface area contributed by atoms with Crippen molar-refractivity contribution in [2.45, 2.75) is 25.9 Å². The molecule has 1 heteroatoms. The lowest BCUT2D eigenvalue weighted by molar-refractivity contribution is 0.0155. The first-order chi connectivity index (χ1) is 7.50. The fourth-order valence-corrected chi connectivity index (χ4v) is 1.79. The molecule has 1 aromatic carbocycles. The van der Waals surface area contributed by atoms with Crippen LogP contribution in [-0.2, 0) is 5.60 Å². The zero-order valence-electron chi connectivity index (χ0n) is 10.1. The van der Waals surface area contributed by atoms with Gasteiger partial charge in [0.15, 0.2) is 0 Å². The minimum absolute atomic E-state index is 0.00731. The summed E-state index contributed by atoms with van der Waals surface area (Å²) in [6.07, 6.45) is 2.56. The Hall–Kier alpha value is -1.34. The third kappa shape index (κ3) is 2.61. The van der Waals surface area contributed by atoms with E-state index in [4.69, 9.17) is 0 Å². The average molecular weight is 216 g/mol. The first-order valence-corrected chi connectivity index (χ1v) is 5.56. The van der Waals surface area contributed by atoms with Crippen LogP contribution in [0, 0.1) is 5.92 Å². The third-order valence-electron chi connectivity index (χ3n) is 3.22. The molecule has 0 fully saturated rings. The van der Waals surface area contributed by atoms with Crippen LogP contribution in [0.5, 0.6) is 0 Å². The van der Waals surface area contributed by atoms with Gasteiger partial charge in [0.1, 0.15) is 0 Å². The normalized spacial score (nSPS) is 16.2. The zero-order chi connectivity index (χ0) is 12.2. The summed E-state index contributed by atoms with van der Waals surface area (Å²) >= 11 is 0. The van der Waals surface area contributed by atoms with Crippen LogP contribution in [-0.4, -0.2) is 5.11 Å². The second-order valence-corrected chi connectivity index (χ2v) is 4.39. The van der Waals surface area contributed by atoms with Gasteiger partial charge in [-0.25, -0.2) is 0 Å². The number of rotatable bonds is 5. The Labute approximate surface area is 98.1 Å². The average Bonchev–Trinajstić information content (AvgIpc) is 2.29. The van der Waals surface area contributed by atoms with Gasteiger partial charge in [0, 0.05) is 5.92 Å². The lowest BCUT2D eigenvalue weighted by Gasteiger charge is -2.32. The molecule has 1 aromatic rings. The topological polar surface area (TPSA) is 20.2 Å². The molecule has 16 heavy (non-hydrogen) atoms. The Morgan fingerprint density at radius 3 is 2.50 bits per heavy atom. The van der Waals surface area contributed by atoms with Gasteiger partial charge in [0.05, 0.1) is 5.60 Å². The zero-order valence-corrected chi connectivity index (χ0v) is 10.1. The summed E-state index contributed by atoms with van der Waals surface area (Å²) in [5.41, 5.74) is 1.05. The fourth-order valence-electron chi connectivity index (χ4n) is 1.79. The van der Waals surface area contributed by atoms with Crippen LogP contribution in [0.4, 0.5) is 0 Å². The SMILES string of the molecule is C=CCC(=C)[C@@H](C)[C@@](C)(O)c1ccccc1. The molecular formula is C15H20O. The predicted octanol–water partition coefficient (Wildman–Crippen LogP) is 3.66. The van der Waals surface area contributed by atoms with Gasteiger partial charge in [-0.3, -0.25) is 0 Å². The molecule has 1 nitrogen and oxygen atoms in total. The Morgan fingerprint density at radius 1 is 1.44 bits per heavy atom. The predicted molar refractivity (Wildman–Crippen MR) is 69.1 cm³/mol. The summed E-state index contributed by atoms with van der Waals surface area (Å²) in [6, 6.07) is 9.71. The molecule has 0 bridgehead atoms. The van der Waals surface area contributed by atoms with Gasteiger partial charge >= 0.3 is 0 Å². The fraction of sp³-hybridized carbons (Fsp3) is 0.333. The smallest absolute Gasteiger partial charge is 0.0930 e. The Bertz CT molecular complexity index is 362. The summed E-state index contributed by atoms with van der Waals surface area (Å²) in [4.78, 5) is 0. The van der Waals surface area contributed by atoms with Gasteiger partial charge in [-0.1, -0.05) is 55.5 Å². The highest BCUT2D eigenvalue weighted by molar-refractivity contribution is 5.25. The van der Waals surface area contributed by atoms with E-state index in [0.29, 0.717) is 0 Å². The molecule has 0 aliphatic carbocycles. The summed E-state index contributed by atoms with van der Waals surface area (Å²) in [7, 11) is 0. The summed E-state index contributed by atoms with van der Waals surface area (Å²) in [5.74, 6) is 0.00731. The van der Waals surface area contributed by atoms with Crippen LogP contribution in [0.15, 0.2) is 55.1 Å². The second kappa shape index (κ2) is 5.13. The maximum Gasteiger partial charge on any atom is 0.0930 e. The molecule has 0 aliphatic rings. The van der Waals surface area contributed by atoms with Crippen molar-refractivity contribution in [1.29, 1.82) is 0 Å². The lowest BCUT2D eigenvalue weighted by atomic mass is 9.79. The molecule has 2 atom stereocenters. The van der Waals surface area contributed by atoms with Gasteiger partial charge in [-0.05, 0) is 18.9 Å². The Balaban J connectivity index is 2.93. The number of hydrogen-bond donors (Lipinski definition) is 1. The van der Waals surface area contributed by atoms with Crippen molar-refractivity contribution in [3.05, 3.63) is 60.7 Å². The van der Waals surface area contributed by atoms with Gasteiger partial charge in [-0.15, -0.1) is 6.58 Å². The van der Waals surface area contributed by atoms with E-state index >= 15 is 0 Å². The molecule has 0 unspecified atom stereocenters. The van der Waals surface area contributed by atoms with Crippen LogP contribution in [0.3, 0.4) is 0 Å². The molecule has 1 rings (SSSR count). The van der Waals surface area contributed by atoms with Gasteiger partial charge in [0.25, 0.3) is 0 Å². The maximum atomic E-state index is 10.6. The van der Waals surface area contributed by atoms with E-state index in [9.17, 15) is 5.11 Å². The van der Waals surface area contributed by atoms with Crippen molar-refractivity contribution in [1.82, 2.24) is 0 Å². The minimum Gasteiger partial charge on any atom is -0.385 e. The van der Waals surface area contributed by atoms with Crippen molar-refractivity contribution >= 4 is 0 Å². The second-order valence-electron chi connectivity index (χ2n) is 4.39. The molecule has 0 saturated carbocycles. The largest absolute Gasteiger partial charge is 0.385 e. The molecule has 0 aliphatic heterocycles. The minimum atomic E-state index is -0.874. The summed E-state index contributed by atoms with van der Waals surface area (Å²) in [6.45, 7) is 11.5. The molecule has 86 valence electrons. The van der Waals surface area contributed by atoms with E-state index in [1.165, 1.54) is 0 Å². The lowest BCUT2D eigenvalue weighted by Crippen LogP contribution is -2.30. The van der Waals surface area contributed by atoms with Crippen LogP contribution < -0.4 is 0 Å². The highest BCUT2D eigenvalue weighted by Crippen LogP contribution is 2.34. The van der Waals surface area contributed by atoms with Crippen LogP contribution in [0.25, 0.3) is 0 Å².